The monoisotopic (exact) mass is 264 g/mol. The maximum Gasteiger partial charge on any atom is 0.129 e. The first-order valence-electron chi connectivity index (χ1n) is 5.17. The average molecular weight is 265 g/mol. The maximum atomic E-state index is 13.5. The molecule has 0 saturated carbocycles. The van der Waals surface area contributed by atoms with Gasteiger partial charge < -0.3 is 11.5 Å². The molecule has 0 aromatic heterocycles. The van der Waals surface area contributed by atoms with Crippen LogP contribution in [0.1, 0.15) is 30.9 Å². The minimum atomic E-state index is -0.433. The molecular weight excluding hydrogens is 250 g/mol. The summed E-state index contributed by atoms with van der Waals surface area (Å²) in [5.41, 5.74) is 11.6. The highest BCUT2D eigenvalue weighted by Crippen LogP contribution is 2.33. The van der Waals surface area contributed by atoms with Gasteiger partial charge in [-0.05, 0) is 31.5 Å². The highest BCUT2D eigenvalue weighted by Gasteiger charge is 2.17. The molecule has 0 aliphatic carbocycles. The highest BCUT2D eigenvalue weighted by atomic mass is 35.5. The molecule has 90 valence electrons. The third-order valence-electron chi connectivity index (χ3n) is 2.42. The van der Waals surface area contributed by atoms with Crippen LogP contribution in [-0.4, -0.2) is 6.54 Å². The van der Waals surface area contributed by atoms with E-state index in [9.17, 15) is 4.39 Å². The van der Waals surface area contributed by atoms with Crippen molar-refractivity contribution in [2.45, 2.75) is 25.3 Å². The Morgan fingerprint density at radius 3 is 2.56 bits per heavy atom. The van der Waals surface area contributed by atoms with Crippen molar-refractivity contribution in [2.24, 2.45) is 11.5 Å². The predicted molar refractivity (Wildman–Crippen MR) is 66.3 cm³/mol. The van der Waals surface area contributed by atoms with E-state index in [1.807, 2.05) is 0 Å². The number of unbranched alkanes of at least 4 members (excludes halogenated alkanes) is 1. The van der Waals surface area contributed by atoms with Crippen LogP contribution in [0.4, 0.5) is 4.39 Å². The van der Waals surface area contributed by atoms with Gasteiger partial charge in [0.05, 0.1) is 10.0 Å². The van der Waals surface area contributed by atoms with Gasteiger partial charge in [-0.2, -0.15) is 0 Å². The molecule has 0 spiro atoms. The van der Waals surface area contributed by atoms with Gasteiger partial charge in [0.25, 0.3) is 0 Å². The molecule has 0 fully saturated rings. The summed E-state index contributed by atoms with van der Waals surface area (Å²) in [6, 6.07) is 2.28. The Labute approximate surface area is 105 Å². The van der Waals surface area contributed by atoms with Gasteiger partial charge in [-0.3, -0.25) is 0 Å². The van der Waals surface area contributed by atoms with Crippen LogP contribution in [-0.2, 0) is 0 Å². The van der Waals surface area contributed by atoms with Gasteiger partial charge in [0.15, 0.2) is 0 Å². The van der Waals surface area contributed by atoms with Gasteiger partial charge in [-0.25, -0.2) is 4.39 Å². The van der Waals surface area contributed by atoms with E-state index in [0.717, 1.165) is 12.8 Å². The molecule has 0 heterocycles. The molecule has 0 aliphatic rings. The topological polar surface area (TPSA) is 52.0 Å². The molecule has 0 radical (unpaired) electrons. The lowest BCUT2D eigenvalue weighted by atomic mass is 10.0. The van der Waals surface area contributed by atoms with Crippen LogP contribution in [0, 0.1) is 5.82 Å². The Kier molecular flexibility index (Phi) is 5.49. The highest BCUT2D eigenvalue weighted by molar-refractivity contribution is 6.42. The zero-order valence-electron chi connectivity index (χ0n) is 8.85. The van der Waals surface area contributed by atoms with Crippen LogP contribution in [0.25, 0.3) is 0 Å². The fourth-order valence-electron chi connectivity index (χ4n) is 1.54. The summed E-state index contributed by atoms with van der Waals surface area (Å²) in [4.78, 5) is 0. The van der Waals surface area contributed by atoms with E-state index in [-0.39, 0.29) is 5.02 Å². The zero-order valence-corrected chi connectivity index (χ0v) is 10.4. The van der Waals surface area contributed by atoms with Crippen LogP contribution in [0.3, 0.4) is 0 Å². The SMILES string of the molecule is NCCCC[C@@H](N)c1c(F)ccc(Cl)c1Cl. The molecule has 4 N–H and O–H groups in total. The van der Waals surface area contributed by atoms with Crippen molar-refractivity contribution in [1.29, 1.82) is 0 Å². The van der Waals surface area contributed by atoms with Gasteiger partial charge in [0.1, 0.15) is 5.82 Å². The first-order chi connectivity index (χ1) is 7.57. The fraction of sp³-hybridized carbons (Fsp3) is 0.455. The third-order valence-corrected chi connectivity index (χ3v) is 3.24. The Balaban J connectivity index is 2.81. The largest absolute Gasteiger partial charge is 0.330 e. The van der Waals surface area contributed by atoms with E-state index in [0.29, 0.717) is 23.6 Å². The zero-order chi connectivity index (χ0) is 12.1. The predicted octanol–water partition coefficient (Wildman–Crippen LogP) is 3.26. The van der Waals surface area contributed by atoms with Crippen molar-refractivity contribution in [3.8, 4) is 0 Å². The molecule has 1 rings (SSSR count). The summed E-state index contributed by atoms with van der Waals surface area (Å²) in [7, 11) is 0. The Morgan fingerprint density at radius 2 is 1.94 bits per heavy atom. The maximum absolute atomic E-state index is 13.5. The summed E-state index contributed by atoms with van der Waals surface area (Å²) in [6.07, 6.45) is 2.36. The van der Waals surface area contributed by atoms with Crippen LogP contribution >= 0.6 is 23.2 Å². The van der Waals surface area contributed by atoms with Gasteiger partial charge >= 0.3 is 0 Å². The first kappa shape index (κ1) is 13.7. The fourth-order valence-corrected chi connectivity index (χ4v) is 1.99. The van der Waals surface area contributed by atoms with Gasteiger partial charge in [0.2, 0.25) is 0 Å². The lowest BCUT2D eigenvalue weighted by molar-refractivity contribution is 0.543. The number of nitrogens with two attached hydrogens (primary N) is 2. The number of hydrogen-bond donors (Lipinski definition) is 2. The minimum absolute atomic E-state index is 0.210. The molecule has 1 aromatic carbocycles. The van der Waals surface area contributed by atoms with E-state index < -0.39 is 11.9 Å². The van der Waals surface area contributed by atoms with Crippen molar-refractivity contribution >= 4 is 23.2 Å². The second-order valence-electron chi connectivity index (χ2n) is 3.65. The van der Waals surface area contributed by atoms with Crippen molar-refractivity contribution in [3.63, 3.8) is 0 Å². The second-order valence-corrected chi connectivity index (χ2v) is 4.43. The van der Waals surface area contributed by atoms with Crippen molar-refractivity contribution < 1.29 is 4.39 Å². The van der Waals surface area contributed by atoms with E-state index >= 15 is 0 Å². The first-order valence-corrected chi connectivity index (χ1v) is 5.92. The van der Waals surface area contributed by atoms with Gasteiger partial charge in [-0.1, -0.05) is 29.6 Å². The molecule has 1 atom stereocenters. The quantitative estimate of drug-likeness (QED) is 0.634. The van der Waals surface area contributed by atoms with Crippen molar-refractivity contribution in [3.05, 3.63) is 33.6 Å². The van der Waals surface area contributed by atoms with Crippen LogP contribution < -0.4 is 11.5 Å². The summed E-state index contributed by atoms with van der Waals surface area (Å²) in [5.74, 6) is -0.408. The Morgan fingerprint density at radius 1 is 1.25 bits per heavy atom. The van der Waals surface area contributed by atoms with E-state index in [1.165, 1.54) is 12.1 Å². The molecule has 5 heteroatoms. The molecule has 0 unspecified atom stereocenters. The van der Waals surface area contributed by atoms with E-state index in [4.69, 9.17) is 34.7 Å². The normalized spacial score (nSPS) is 12.8. The molecule has 2 nitrogen and oxygen atoms in total. The molecule has 0 saturated heterocycles. The van der Waals surface area contributed by atoms with Crippen molar-refractivity contribution in [2.75, 3.05) is 6.54 Å². The number of rotatable bonds is 5. The summed E-state index contributed by atoms with van der Waals surface area (Å²) in [5, 5.41) is 0.536. The molecule has 0 amide bonds. The summed E-state index contributed by atoms with van der Waals surface area (Å²) in [6.45, 7) is 0.610. The second kappa shape index (κ2) is 6.40. The molecule has 16 heavy (non-hydrogen) atoms. The molecule has 0 bridgehead atoms. The van der Waals surface area contributed by atoms with E-state index in [1.54, 1.807) is 0 Å². The molecular formula is C11H15Cl2FN2. The molecule has 0 aliphatic heterocycles. The average Bonchev–Trinajstić information content (AvgIpc) is 2.24. The lowest BCUT2D eigenvalue weighted by Gasteiger charge is -2.15. The standard InChI is InChI=1S/C11H15Cl2FN2/c12-7-4-5-8(14)10(11(7)13)9(16)3-1-2-6-15/h4-5,9H,1-3,6,15-16H2/t9-/m1/s1. The van der Waals surface area contributed by atoms with Gasteiger partial charge in [0, 0.05) is 11.6 Å². The van der Waals surface area contributed by atoms with Gasteiger partial charge in [-0.15, -0.1) is 0 Å². The Bertz CT molecular complexity index is 358. The number of hydrogen-bond acceptors (Lipinski definition) is 2. The number of benzene rings is 1. The minimum Gasteiger partial charge on any atom is -0.330 e. The summed E-state index contributed by atoms with van der Waals surface area (Å²) >= 11 is 11.7. The third kappa shape index (κ3) is 3.32. The summed E-state index contributed by atoms with van der Waals surface area (Å²) < 4.78 is 13.5. The van der Waals surface area contributed by atoms with Crippen molar-refractivity contribution in [1.82, 2.24) is 0 Å². The van der Waals surface area contributed by atoms with Crippen LogP contribution in [0.15, 0.2) is 12.1 Å². The van der Waals surface area contributed by atoms with Crippen LogP contribution in [0.5, 0.6) is 0 Å². The van der Waals surface area contributed by atoms with Crippen LogP contribution in [0.2, 0.25) is 10.0 Å². The molecule has 1 aromatic rings. The smallest absolute Gasteiger partial charge is 0.129 e. The Hall–Kier alpha value is -0.350. The van der Waals surface area contributed by atoms with E-state index in [2.05, 4.69) is 0 Å². The lowest BCUT2D eigenvalue weighted by Crippen LogP contribution is -2.13. The number of halogens is 3.